The van der Waals surface area contributed by atoms with Crippen molar-refractivity contribution in [2.75, 3.05) is 13.7 Å². The lowest BCUT2D eigenvalue weighted by Crippen LogP contribution is -2.45. The lowest BCUT2D eigenvalue weighted by Gasteiger charge is -2.22. The highest BCUT2D eigenvalue weighted by Gasteiger charge is 2.21. The molecule has 3 rings (SSSR count). The number of carbonyl (C=O) groups is 2. The van der Waals surface area contributed by atoms with Gasteiger partial charge in [-0.1, -0.05) is 43.0 Å². The van der Waals surface area contributed by atoms with E-state index in [0.717, 1.165) is 37.7 Å². The van der Waals surface area contributed by atoms with Gasteiger partial charge in [0.15, 0.2) is 0 Å². The van der Waals surface area contributed by atoms with E-state index < -0.39 is 16.1 Å². The Balaban J connectivity index is 0.00000408. The highest BCUT2D eigenvalue weighted by Crippen LogP contribution is 2.22. The van der Waals surface area contributed by atoms with Crippen molar-refractivity contribution in [3.05, 3.63) is 58.6 Å². The molecule has 186 valence electrons. The van der Waals surface area contributed by atoms with Gasteiger partial charge in [-0.15, -0.1) is 0 Å². The van der Waals surface area contributed by atoms with Crippen LogP contribution in [-0.2, 0) is 16.4 Å². The third kappa shape index (κ3) is 7.61. The lowest BCUT2D eigenvalue weighted by molar-refractivity contribution is 0.0951. The summed E-state index contributed by atoms with van der Waals surface area (Å²) >= 11 is 5.96. The van der Waals surface area contributed by atoms with Crippen LogP contribution in [0.25, 0.3) is 0 Å². The third-order valence-corrected chi connectivity index (χ3v) is 7.09. The number of ether oxygens (including phenoxy) is 1. The molecule has 0 spiro atoms. The number of amides is 3. The standard InChI is InChI=1S/C23H28ClN3O5S.H2O/c1-32-21-12-9-17(24)15-20(21)22(28)25-14-13-16-7-10-19(11-8-16)33(30,31)27-23(29)26-18-5-3-2-4-6-18;/h7-12,15,18H,2-6,13-14H2,1H3,(H,25,28)(H2,26,27,29);1H2. The second-order valence-corrected chi connectivity index (χ2v) is 10.0. The molecular weight excluding hydrogens is 482 g/mol. The van der Waals surface area contributed by atoms with Gasteiger partial charge < -0.3 is 20.8 Å². The van der Waals surface area contributed by atoms with Crippen LogP contribution in [0.15, 0.2) is 47.4 Å². The van der Waals surface area contributed by atoms with E-state index in [1.807, 2.05) is 0 Å². The summed E-state index contributed by atoms with van der Waals surface area (Å²) in [5.41, 5.74) is 1.17. The number of hydrogen-bond acceptors (Lipinski definition) is 5. The van der Waals surface area contributed by atoms with Crippen molar-refractivity contribution in [2.45, 2.75) is 49.5 Å². The largest absolute Gasteiger partial charge is 0.496 e. The van der Waals surface area contributed by atoms with E-state index in [1.165, 1.54) is 25.3 Å². The molecule has 0 aliphatic heterocycles. The zero-order chi connectivity index (χ0) is 23.8. The molecule has 1 saturated carbocycles. The molecule has 2 aromatic rings. The summed E-state index contributed by atoms with van der Waals surface area (Å²) in [7, 11) is -2.49. The minimum Gasteiger partial charge on any atom is -0.496 e. The smallest absolute Gasteiger partial charge is 0.328 e. The van der Waals surface area contributed by atoms with Crippen LogP contribution in [0.5, 0.6) is 5.75 Å². The number of rotatable bonds is 8. The summed E-state index contributed by atoms with van der Waals surface area (Å²) in [4.78, 5) is 24.5. The Morgan fingerprint density at radius 2 is 1.74 bits per heavy atom. The van der Waals surface area contributed by atoms with E-state index in [1.54, 1.807) is 24.3 Å². The van der Waals surface area contributed by atoms with Crippen molar-refractivity contribution in [3.8, 4) is 5.75 Å². The fourth-order valence-corrected chi connectivity index (χ4v) is 4.84. The van der Waals surface area contributed by atoms with Gasteiger partial charge in [-0.3, -0.25) is 4.79 Å². The van der Waals surface area contributed by atoms with E-state index in [0.29, 0.717) is 29.3 Å². The molecule has 0 radical (unpaired) electrons. The maximum absolute atomic E-state index is 12.5. The molecule has 11 heteroatoms. The molecule has 1 aliphatic rings. The van der Waals surface area contributed by atoms with Crippen LogP contribution in [0, 0.1) is 0 Å². The second kappa shape index (κ2) is 12.6. The Hall–Kier alpha value is -2.82. The van der Waals surface area contributed by atoms with Gasteiger partial charge in [0.05, 0.1) is 17.6 Å². The van der Waals surface area contributed by atoms with Gasteiger partial charge in [0.25, 0.3) is 15.9 Å². The molecule has 0 heterocycles. The van der Waals surface area contributed by atoms with Crippen molar-refractivity contribution in [2.24, 2.45) is 0 Å². The predicted molar refractivity (Wildman–Crippen MR) is 130 cm³/mol. The van der Waals surface area contributed by atoms with Crippen LogP contribution < -0.4 is 20.1 Å². The average Bonchev–Trinajstić information content (AvgIpc) is 2.79. The van der Waals surface area contributed by atoms with E-state index in [-0.39, 0.29) is 22.3 Å². The fourth-order valence-electron chi connectivity index (χ4n) is 3.75. The minimum absolute atomic E-state index is 0. The average molecular weight is 512 g/mol. The summed E-state index contributed by atoms with van der Waals surface area (Å²) in [6.45, 7) is 0.336. The number of benzene rings is 2. The number of carbonyl (C=O) groups excluding carboxylic acids is 2. The van der Waals surface area contributed by atoms with Crippen molar-refractivity contribution >= 4 is 33.6 Å². The van der Waals surface area contributed by atoms with Crippen LogP contribution in [0.1, 0.15) is 48.0 Å². The summed E-state index contributed by atoms with van der Waals surface area (Å²) in [5.74, 6) is 0.105. The number of hydrogen-bond donors (Lipinski definition) is 3. The first kappa shape index (κ1) is 27.4. The quantitative estimate of drug-likeness (QED) is 0.499. The zero-order valence-electron chi connectivity index (χ0n) is 18.9. The van der Waals surface area contributed by atoms with E-state index in [2.05, 4.69) is 15.4 Å². The topological polar surface area (TPSA) is 145 Å². The van der Waals surface area contributed by atoms with Crippen LogP contribution in [-0.4, -0.2) is 45.5 Å². The molecule has 3 amide bonds. The zero-order valence-corrected chi connectivity index (χ0v) is 20.5. The number of sulfonamides is 1. The van der Waals surface area contributed by atoms with Crippen molar-refractivity contribution < 1.29 is 28.2 Å². The van der Waals surface area contributed by atoms with Crippen LogP contribution >= 0.6 is 11.6 Å². The van der Waals surface area contributed by atoms with Crippen LogP contribution in [0.2, 0.25) is 5.02 Å². The number of nitrogens with one attached hydrogen (secondary N) is 3. The predicted octanol–water partition coefficient (Wildman–Crippen LogP) is 2.82. The Morgan fingerprint density at radius 1 is 1.06 bits per heavy atom. The van der Waals surface area contributed by atoms with Gasteiger partial charge in [0.1, 0.15) is 5.75 Å². The van der Waals surface area contributed by atoms with Gasteiger partial charge in [-0.25, -0.2) is 17.9 Å². The molecule has 0 aromatic heterocycles. The summed E-state index contributed by atoms with van der Waals surface area (Å²) in [6, 6.07) is 10.3. The first-order chi connectivity index (χ1) is 15.8. The monoisotopic (exact) mass is 511 g/mol. The van der Waals surface area contributed by atoms with Crippen molar-refractivity contribution in [1.29, 1.82) is 0 Å². The molecule has 1 aliphatic carbocycles. The van der Waals surface area contributed by atoms with E-state index in [9.17, 15) is 18.0 Å². The fraction of sp³-hybridized carbons (Fsp3) is 0.391. The molecular formula is C23H30ClN3O6S. The normalized spacial score (nSPS) is 13.9. The number of halogens is 1. The Labute approximate surface area is 204 Å². The number of methoxy groups -OCH3 is 1. The first-order valence-corrected chi connectivity index (χ1v) is 12.7. The Bertz CT molecular complexity index is 1090. The highest BCUT2D eigenvalue weighted by atomic mass is 35.5. The maximum atomic E-state index is 12.5. The molecule has 0 atom stereocenters. The molecule has 5 N–H and O–H groups in total. The summed E-state index contributed by atoms with van der Waals surface area (Å²) < 4.78 is 32.2. The molecule has 34 heavy (non-hydrogen) atoms. The minimum atomic E-state index is -3.97. The molecule has 9 nitrogen and oxygen atoms in total. The molecule has 1 fully saturated rings. The number of urea groups is 1. The molecule has 2 aromatic carbocycles. The molecule has 0 unspecified atom stereocenters. The van der Waals surface area contributed by atoms with Crippen molar-refractivity contribution in [1.82, 2.24) is 15.4 Å². The van der Waals surface area contributed by atoms with Crippen LogP contribution in [0.3, 0.4) is 0 Å². The van der Waals surface area contributed by atoms with Crippen molar-refractivity contribution in [3.63, 3.8) is 0 Å². The van der Waals surface area contributed by atoms with Gasteiger partial charge >= 0.3 is 6.03 Å². The first-order valence-electron chi connectivity index (χ1n) is 10.8. The van der Waals surface area contributed by atoms with Crippen LogP contribution in [0.4, 0.5) is 4.79 Å². The molecule has 0 saturated heterocycles. The Morgan fingerprint density at radius 3 is 2.38 bits per heavy atom. The van der Waals surface area contributed by atoms with Gasteiger partial charge in [0.2, 0.25) is 0 Å². The lowest BCUT2D eigenvalue weighted by atomic mass is 9.96. The third-order valence-electron chi connectivity index (χ3n) is 5.51. The second-order valence-electron chi connectivity index (χ2n) is 7.91. The summed E-state index contributed by atoms with van der Waals surface area (Å²) in [6.07, 6.45) is 5.43. The Kier molecular flexibility index (Phi) is 10.2. The SMILES string of the molecule is COc1ccc(Cl)cc1C(=O)NCCc1ccc(S(=O)(=O)NC(=O)NC2CCCCC2)cc1.O. The molecule has 0 bridgehead atoms. The maximum Gasteiger partial charge on any atom is 0.328 e. The van der Waals surface area contributed by atoms with Gasteiger partial charge in [0, 0.05) is 17.6 Å². The summed E-state index contributed by atoms with van der Waals surface area (Å²) in [5, 5.41) is 5.96. The van der Waals surface area contributed by atoms with E-state index in [4.69, 9.17) is 16.3 Å². The van der Waals surface area contributed by atoms with Gasteiger partial charge in [-0.2, -0.15) is 0 Å². The van der Waals surface area contributed by atoms with Gasteiger partial charge in [-0.05, 0) is 55.2 Å². The highest BCUT2D eigenvalue weighted by molar-refractivity contribution is 7.90. The van der Waals surface area contributed by atoms with E-state index >= 15 is 0 Å².